The summed E-state index contributed by atoms with van der Waals surface area (Å²) in [6.07, 6.45) is 6.34. The lowest BCUT2D eigenvalue weighted by Crippen LogP contribution is -2.31. The number of nitrogens with zero attached hydrogens (tertiary/aromatic N) is 3. The van der Waals surface area contributed by atoms with Crippen LogP contribution in [-0.4, -0.2) is 60.0 Å². The number of fused-ring (bicyclic) bond motifs is 1. The minimum atomic E-state index is 0.219. The van der Waals surface area contributed by atoms with Crippen LogP contribution in [0.25, 0.3) is 10.9 Å². The average molecular weight is 480 g/mol. The van der Waals surface area contributed by atoms with E-state index in [-0.39, 0.29) is 5.92 Å². The summed E-state index contributed by atoms with van der Waals surface area (Å²) in [5, 5.41) is 1.89. The average Bonchev–Trinajstić information content (AvgIpc) is 3.66. The van der Waals surface area contributed by atoms with Gasteiger partial charge in [-0.05, 0) is 63.0 Å². The van der Waals surface area contributed by atoms with Crippen molar-refractivity contribution in [3.8, 4) is 5.75 Å². The molecular formula is C28H34ClN3O2. The van der Waals surface area contributed by atoms with Gasteiger partial charge in [0.05, 0.1) is 12.6 Å². The summed E-state index contributed by atoms with van der Waals surface area (Å²) in [7, 11) is 1.71. The molecule has 1 saturated heterocycles. The largest absolute Gasteiger partial charge is 0.495 e. The summed E-state index contributed by atoms with van der Waals surface area (Å²) in [6.45, 7) is 7.22. The second-order valence-corrected chi connectivity index (χ2v) is 10.1. The Hall–Kier alpha value is -2.34. The molecule has 2 aromatic carbocycles. The van der Waals surface area contributed by atoms with Crippen LogP contribution in [0.4, 0.5) is 0 Å². The predicted molar refractivity (Wildman–Crippen MR) is 138 cm³/mol. The fourth-order valence-electron chi connectivity index (χ4n) is 5.17. The molecule has 5 nitrogen and oxygen atoms in total. The van der Waals surface area contributed by atoms with E-state index in [9.17, 15) is 4.79 Å². The van der Waals surface area contributed by atoms with Crippen molar-refractivity contribution in [2.24, 2.45) is 5.92 Å². The molecular weight excluding hydrogens is 446 g/mol. The van der Waals surface area contributed by atoms with Crippen LogP contribution in [0.2, 0.25) is 5.02 Å². The molecule has 0 amide bonds. The third-order valence-corrected chi connectivity index (χ3v) is 7.57. The van der Waals surface area contributed by atoms with E-state index in [2.05, 4.69) is 38.8 Å². The van der Waals surface area contributed by atoms with Gasteiger partial charge in [-0.1, -0.05) is 41.9 Å². The lowest BCUT2D eigenvalue weighted by atomic mass is 10.1. The van der Waals surface area contributed by atoms with E-state index in [1.54, 1.807) is 7.11 Å². The number of hydrogen-bond acceptors (Lipinski definition) is 4. The number of carbonyl (C=O) groups excluding carboxylic acids is 1. The molecule has 0 unspecified atom stereocenters. The third-order valence-electron chi connectivity index (χ3n) is 7.20. The second-order valence-electron chi connectivity index (χ2n) is 9.65. The lowest BCUT2D eigenvalue weighted by Gasteiger charge is -2.22. The highest BCUT2D eigenvalue weighted by molar-refractivity contribution is 6.31. The molecule has 180 valence electrons. The van der Waals surface area contributed by atoms with Gasteiger partial charge in [0.15, 0.2) is 5.78 Å². The number of para-hydroxylation sites is 1. The number of aryl methyl sites for hydroxylation is 1. The van der Waals surface area contributed by atoms with Crippen LogP contribution in [0.5, 0.6) is 5.75 Å². The Balaban J connectivity index is 1.21. The summed E-state index contributed by atoms with van der Waals surface area (Å²) < 4.78 is 7.90. The summed E-state index contributed by atoms with van der Waals surface area (Å²) in [5.41, 5.74) is 3.12. The number of carbonyl (C=O) groups is 1. The maximum Gasteiger partial charge on any atom is 0.168 e. The van der Waals surface area contributed by atoms with Crippen molar-refractivity contribution in [3.63, 3.8) is 0 Å². The van der Waals surface area contributed by atoms with Gasteiger partial charge in [-0.3, -0.25) is 9.69 Å². The van der Waals surface area contributed by atoms with E-state index in [4.69, 9.17) is 16.3 Å². The van der Waals surface area contributed by atoms with Crippen LogP contribution in [0.15, 0.2) is 48.7 Å². The quantitative estimate of drug-likeness (QED) is 0.380. The van der Waals surface area contributed by atoms with Crippen LogP contribution in [0.3, 0.4) is 0 Å². The first kappa shape index (κ1) is 23.4. The Morgan fingerprint density at radius 2 is 1.79 bits per heavy atom. The molecule has 0 spiro atoms. The van der Waals surface area contributed by atoms with E-state index in [0.717, 1.165) is 92.3 Å². The summed E-state index contributed by atoms with van der Waals surface area (Å²) in [6, 6.07) is 14.2. The van der Waals surface area contributed by atoms with Crippen LogP contribution in [-0.2, 0) is 13.1 Å². The summed E-state index contributed by atoms with van der Waals surface area (Å²) >= 11 is 6.38. The van der Waals surface area contributed by atoms with Gasteiger partial charge in [-0.25, -0.2) is 0 Å². The molecule has 0 atom stereocenters. The second kappa shape index (κ2) is 10.5. The topological polar surface area (TPSA) is 37.7 Å². The van der Waals surface area contributed by atoms with Gasteiger partial charge < -0.3 is 14.2 Å². The van der Waals surface area contributed by atoms with E-state index >= 15 is 0 Å². The van der Waals surface area contributed by atoms with Gasteiger partial charge in [0.25, 0.3) is 0 Å². The molecule has 0 N–H and O–H groups in total. The first-order valence-corrected chi connectivity index (χ1v) is 12.9. The standard InChI is InChI=1S/C28H34ClN3O2/c1-34-26-10-4-8-23-24(28(33)21-11-12-21)20-32(27(23)26)16-6-14-30-13-5-15-31(18-17-30)19-22-7-2-3-9-25(22)29/h2-4,7-10,20-21H,5-6,11-19H2,1H3. The molecule has 0 bridgehead atoms. The van der Waals surface area contributed by atoms with Crippen molar-refractivity contribution < 1.29 is 9.53 Å². The number of ketones is 1. The molecule has 2 aliphatic rings. The number of benzene rings is 2. The van der Waals surface area contributed by atoms with Crippen molar-refractivity contribution in [1.82, 2.24) is 14.4 Å². The molecule has 3 aromatic rings. The van der Waals surface area contributed by atoms with Gasteiger partial charge in [-0.2, -0.15) is 0 Å². The normalized spacial score (nSPS) is 17.7. The van der Waals surface area contributed by atoms with Gasteiger partial charge in [0.1, 0.15) is 5.75 Å². The van der Waals surface area contributed by atoms with Gasteiger partial charge in [0, 0.05) is 54.3 Å². The number of methoxy groups -OCH3 is 1. The third kappa shape index (κ3) is 5.17. The molecule has 1 aliphatic carbocycles. The van der Waals surface area contributed by atoms with E-state index in [1.165, 1.54) is 12.0 Å². The molecule has 2 heterocycles. The number of ether oxygens (including phenoxy) is 1. The first-order chi connectivity index (χ1) is 16.6. The monoisotopic (exact) mass is 479 g/mol. The number of rotatable bonds is 9. The maximum atomic E-state index is 12.9. The molecule has 1 aromatic heterocycles. The van der Waals surface area contributed by atoms with Crippen molar-refractivity contribution in [3.05, 3.63) is 64.8 Å². The van der Waals surface area contributed by atoms with Crippen molar-refractivity contribution >= 4 is 28.3 Å². The highest BCUT2D eigenvalue weighted by Gasteiger charge is 2.32. The highest BCUT2D eigenvalue weighted by atomic mass is 35.5. The molecule has 2 fully saturated rings. The minimum absolute atomic E-state index is 0.219. The van der Waals surface area contributed by atoms with Gasteiger partial charge in [-0.15, -0.1) is 0 Å². The van der Waals surface area contributed by atoms with Crippen LogP contribution in [0.1, 0.15) is 41.6 Å². The predicted octanol–water partition coefficient (Wildman–Crippen LogP) is 5.49. The van der Waals surface area contributed by atoms with E-state index in [0.29, 0.717) is 5.78 Å². The number of hydrogen-bond donors (Lipinski definition) is 0. The Labute approximate surface area is 207 Å². The van der Waals surface area contributed by atoms with Crippen molar-refractivity contribution in [2.75, 3.05) is 39.8 Å². The smallest absolute Gasteiger partial charge is 0.168 e. The SMILES string of the molecule is COc1cccc2c(C(=O)C3CC3)cn(CCCN3CCCN(Cc4ccccc4Cl)CC3)c12. The zero-order chi connectivity index (χ0) is 23.5. The minimum Gasteiger partial charge on any atom is -0.495 e. The number of halogens is 1. The fourth-order valence-corrected chi connectivity index (χ4v) is 5.36. The number of Topliss-reactive ketones (excluding diaryl/α,β-unsaturated/α-hetero) is 1. The highest BCUT2D eigenvalue weighted by Crippen LogP contribution is 2.37. The fraction of sp³-hybridized carbons (Fsp3) is 0.464. The zero-order valence-electron chi connectivity index (χ0n) is 20.0. The van der Waals surface area contributed by atoms with E-state index in [1.807, 2.05) is 24.3 Å². The van der Waals surface area contributed by atoms with E-state index < -0.39 is 0 Å². The Kier molecular flexibility index (Phi) is 7.23. The van der Waals surface area contributed by atoms with Crippen LogP contribution >= 0.6 is 11.6 Å². The van der Waals surface area contributed by atoms with Crippen LogP contribution in [0, 0.1) is 5.92 Å². The Morgan fingerprint density at radius 1 is 1.00 bits per heavy atom. The summed E-state index contributed by atoms with van der Waals surface area (Å²) in [4.78, 5) is 18.0. The van der Waals surface area contributed by atoms with Gasteiger partial charge in [0.2, 0.25) is 0 Å². The van der Waals surface area contributed by atoms with Crippen molar-refractivity contribution in [2.45, 2.75) is 38.8 Å². The van der Waals surface area contributed by atoms with Crippen LogP contribution < -0.4 is 4.74 Å². The molecule has 5 rings (SSSR count). The molecule has 0 radical (unpaired) electrons. The number of aromatic nitrogens is 1. The molecule has 6 heteroatoms. The first-order valence-electron chi connectivity index (χ1n) is 12.5. The molecule has 1 saturated carbocycles. The zero-order valence-corrected chi connectivity index (χ0v) is 20.8. The van der Waals surface area contributed by atoms with Crippen molar-refractivity contribution in [1.29, 1.82) is 0 Å². The Morgan fingerprint density at radius 3 is 2.59 bits per heavy atom. The Bertz CT molecular complexity index is 1150. The lowest BCUT2D eigenvalue weighted by molar-refractivity contribution is 0.0969. The maximum absolute atomic E-state index is 12.9. The molecule has 1 aliphatic heterocycles. The summed E-state index contributed by atoms with van der Waals surface area (Å²) in [5.74, 6) is 1.36. The van der Waals surface area contributed by atoms with Gasteiger partial charge >= 0.3 is 0 Å². The molecule has 34 heavy (non-hydrogen) atoms.